The van der Waals surface area contributed by atoms with E-state index in [-0.39, 0.29) is 12.5 Å². The summed E-state index contributed by atoms with van der Waals surface area (Å²) in [7, 11) is 0. The van der Waals surface area contributed by atoms with Gasteiger partial charge in [0, 0.05) is 5.71 Å². The van der Waals surface area contributed by atoms with Crippen molar-refractivity contribution in [2.24, 2.45) is 11.0 Å². The third kappa shape index (κ3) is 3.26. The minimum Gasteiger partial charge on any atom is -0.271 e. The molecule has 0 saturated heterocycles. The second-order valence-electron chi connectivity index (χ2n) is 5.65. The lowest BCUT2D eigenvalue weighted by Crippen LogP contribution is -2.26. The van der Waals surface area contributed by atoms with Crippen molar-refractivity contribution in [3.05, 3.63) is 24.3 Å². The van der Waals surface area contributed by atoms with Gasteiger partial charge in [0.1, 0.15) is 12.1 Å². The lowest BCUT2D eigenvalue weighted by atomic mass is 9.89. The molecule has 1 aromatic carbocycles. The number of nitrogens with zero attached hydrogens (tertiary/aromatic N) is 4. The van der Waals surface area contributed by atoms with E-state index in [1.807, 2.05) is 24.3 Å². The molecule has 1 aliphatic carbocycles. The Morgan fingerprint density at radius 2 is 2.33 bits per heavy atom. The molecule has 6 nitrogen and oxygen atoms in total. The maximum absolute atomic E-state index is 12.0. The lowest BCUT2D eigenvalue weighted by molar-refractivity contribution is -0.121. The summed E-state index contributed by atoms with van der Waals surface area (Å²) in [6.45, 7) is 2.35. The highest BCUT2D eigenvalue weighted by molar-refractivity contribution is 5.87. The summed E-state index contributed by atoms with van der Waals surface area (Å²) in [6, 6.07) is 7.58. The van der Waals surface area contributed by atoms with Gasteiger partial charge in [0.25, 0.3) is 5.91 Å². The van der Waals surface area contributed by atoms with Crippen molar-refractivity contribution in [3.8, 4) is 0 Å². The number of nitrogens with one attached hydrogen (secondary N) is 1. The van der Waals surface area contributed by atoms with Gasteiger partial charge in [-0.25, -0.2) is 10.1 Å². The van der Waals surface area contributed by atoms with E-state index in [2.05, 4.69) is 27.8 Å². The van der Waals surface area contributed by atoms with Crippen LogP contribution in [-0.2, 0) is 11.3 Å². The SMILES string of the molecule is C[C@@H]1CCC/C(=N\NC(=O)Cn2nnc3ccccc32)C1. The number of hydrazone groups is 1. The normalized spacial score (nSPS) is 20.8. The molecule has 0 spiro atoms. The third-order valence-electron chi connectivity index (χ3n) is 3.80. The molecule has 110 valence electrons. The zero-order chi connectivity index (χ0) is 14.7. The third-order valence-corrected chi connectivity index (χ3v) is 3.80. The van der Waals surface area contributed by atoms with Crippen LogP contribution in [0.1, 0.15) is 32.6 Å². The van der Waals surface area contributed by atoms with Crippen LogP contribution in [0.4, 0.5) is 0 Å². The Morgan fingerprint density at radius 1 is 1.48 bits per heavy atom. The van der Waals surface area contributed by atoms with Crippen LogP contribution in [0.2, 0.25) is 0 Å². The lowest BCUT2D eigenvalue weighted by Gasteiger charge is -2.18. The summed E-state index contributed by atoms with van der Waals surface area (Å²) in [6.07, 6.45) is 4.37. The van der Waals surface area contributed by atoms with E-state index >= 15 is 0 Å². The van der Waals surface area contributed by atoms with Crippen LogP contribution in [0.15, 0.2) is 29.4 Å². The van der Waals surface area contributed by atoms with Crippen molar-refractivity contribution in [1.29, 1.82) is 0 Å². The van der Waals surface area contributed by atoms with Gasteiger partial charge in [-0.2, -0.15) is 5.10 Å². The standard InChI is InChI=1S/C15H19N5O/c1-11-5-4-6-12(9-11)16-18-15(21)10-20-14-8-3-2-7-13(14)17-19-20/h2-3,7-8,11H,4-6,9-10H2,1H3,(H,18,21)/b16-12+/t11-/m1/s1. The monoisotopic (exact) mass is 285 g/mol. The number of rotatable bonds is 3. The van der Waals surface area contributed by atoms with Gasteiger partial charge in [-0.05, 0) is 43.7 Å². The van der Waals surface area contributed by atoms with Crippen LogP contribution in [-0.4, -0.2) is 26.6 Å². The Morgan fingerprint density at radius 3 is 3.19 bits per heavy atom. The van der Waals surface area contributed by atoms with E-state index in [0.29, 0.717) is 5.92 Å². The zero-order valence-electron chi connectivity index (χ0n) is 12.1. The summed E-state index contributed by atoms with van der Waals surface area (Å²) in [4.78, 5) is 12.0. The first kappa shape index (κ1) is 13.7. The van der Waals surface area contributed by atoms with Crippen LogP contribution < -0.4 is 5.43 Å². The molecule has 0 bridgehead atoms. The first-order valence-corrected chi connectivity index (χ1v) is 7.35. The minimum absolute atomic E-state index is 0.132. The van der Waals surface area contributed by atoms with Crippen molar-refractivity contribution in [3.63, 3.8) is 0 Å². The highest BCUT2D eigenvalue weighted by Crippen LogP contribution is 2.20. The van der Waals surface area contributed by atoms with E-state index in [9.17, 15) is 4.79 Å². The molecule has 1 saturated carbocycles. The molecule has 0 aliphatic heterocycles. The van der Waals surface area contributed by atoms with Gasteiger partial charge < -0.3 is 0 Å². The van der Waals surface area contributed by atoms with Gasteiger partial charge >= 0.3 is 0 Å². The molecule has 0 unspecified atom stereocenters. The van der Waals surface area contributed by atoms with Crippen molar-refractivity contribution >= 4 is 22.7 Å². The van der Waals surface area contributed by atoms with Crippen LogP contribution in [0.5, 0.6) is 0 Å². The molecule has 2 aromatic rings. The molecular formula is C15H19N5O. The van der Waals surface area contributed by atoms with E-state index < -0.39 is 0 Å². The summed E-state index contributed by atoms with van der Waals surface area (Å²) >= 11 is 0. The highest BCUT2D eigenvalue weighted by atomic mass is 16.2. The average Bonchev–Trinajstić information content (AvgIpc) is 2.89. The van der Waals surface area contributed by atoms with Gasteiger partial charge in [0.2, 0.25) is 0 Å². The zero-order valence-corrected chi connectivity index (χ0v) is 12.1. The molecule has 3 rings (SSSR count). The molecule has 1 amide bonds. The predicted octanol–water partition coefficient (Wildman–Crippen LogP) is 2.11. The molecule has 6 heteroatoms. The van der Waals surface area contributed by atoms with Gasteiger partial charge in [-0.1, -0.05) is 24.3 Å². The fourth-order valence-electron chi connectivity index (χ4n) is 2.71. The van der Waals surface area contributed by atoms with Crippen molar-refractivity contribution < 1.29 is 4.79 Å². The Bertz CT molecular complexity index is 676. The number of hydrogen-bond acceptors (Lipinski definition) is 4. The smallest absolute Gasteiger partial charge is 0.261 e. The van der Waals surface area contributed by atoms with Gasteiger partial charge in [0.05, 0.1) is 5.52 Å². The Labute approximate surface area is 123 Å². The topological polar surface area (TPSA) is 72.2 Å². The number of carbonyl (C=O) groups excluding carboxylic acids is 1. The number of hydrogen-bond donors (Lipinski definition) is 1. The van der Waals surface area contributed by atoms with E-state index in [0.717, 1.165) is 36.0 Å². The fourth-order valence-corrected chi connectivity index (χ4v) is 2.71. The van der Waals surface area contributed by atoms with E-state index in [1.54, 1.807) is 4.68 Å². The average molecular weight is 285 g/mol. The molecule has 1 aliphatic rings. The Balaban J connectivity index is 1.63. The van der Waals surface area contributed by atoms with Crippen molar-refractivity contribution in [2.45, 2.75) is 39.2 Å². The Hall–Kier alpha value is -2.24. The number of aromatic nitrogens is 3. The Kier molecular flexibility index (Phi) is 3.94. The highest BCUT2D eigenvalue weighted by Gasteiger charge is 2.14. The first-order valence-electron chi connectivity index (χ1n) is 7.35. The molecule has 21 heavy (non-hydrogen) atoms. The van der Waals surface area contributed by atoms with Gasteiger partial charge in [0.15, 0.2) is 0 Å². The van der Waals surface area contributed by atoms with Crippen LogP contribution >= 0.6 is 0 Å². The molecule has 1 N–H and O–H groups in total. The second kappa shape index (κ2) is 6.03. The number of para-hydroxylation sites is 1. The minimum atomic E-state index is -0.170. The summed E-state index contributed by atoms with van der Waals surface area (Å²) in [5.74, 6) is 0.491. The molecule has 1 atom stereocenters. The number of benzene rings is 1. The molecule has 1 fully saturated rings. The summed E-state index contributed by atoms with van der Waals surface area (Å²) in [5, 5.41) is 12.3. The van der Waals surface area contributed by atoms with Crippen molar-refractivity contribution in [1.82, 2.24) is 20.4 Å². The second-order valence-corrected chi connectivity index (χ2v) is 5.65. The predicted molar refractivity (Wildman–Crippen MR) is 80.7 cm³/mol. The maximum Gasteiger partial charge on any atom is 0.261 e. The van der Waals surface area contributed by atoms with Gasteiger partial charge in [-0.3, -0.25) is 4.79 Å². The molecular weight excluding hydrogens is 266 g/mol. The number of amides is 1. The van der Waals surface area contributed by atoms with Gasteiger partial charge in [-0.15, -0.1) is 5.10 Å². The first-order chi connectivity index (χ1) is 10.2. The largest absolute Gasteiger partial charge is 0.271 e. The summed E-state index contributed by atoms with van der Waals surface area (Å²) in [5.41, 5.74) is 5.37. The molecule has 0 radical (unpaired) electrons. The summed E-state index contributed by atoms with van der Waals surface area (Å²) < 4.78 is 1.59. The molecule has 1 aromatic heterocycles. The van der Waals surface area contributed by atoms with E-state index in [1.165, 1.54) is 6.42 Å². The maximum atomic E-state index is 12.0. The van der Waals surface area contributed by atoms with E-state index in [4.69, 9.17) is 0 Å². The number of fused-ring (bicyclic) bond motifs is 1. The number of carbonyl (C=O) groups is 1. The quantitative estimate of drug-likeness (QED) is 0.878. The van der Waals surface area contributed by atoms with Crippen LogP contribution in [0.3, 0.4) is 0 Å². The fraction of sp³-hybridized carbons (Fsp3) is 0.467. The van der Waals surface area contributed by atoms with Crippen LogP contribution in [0, 0.1) is 5.92 Å². The van der Waals surface area contributed by atoms with Crippen molar-refractivity contribution in [2.75, 3.05) is 0 Å². The van der Waals surface area contributed by atoms with Crippen LogP contribution in [0.25, 0.3) is 11.0 Å². The molecule has 1 heterocycles.